The van der Waals surface area contributed by atoms with Gasteiger partial charge in [0, 0.05) is 11.4 Å². The van der Waals surface area contributed by atoms with Crippen molar-refractivity contribution in [3.8, 4) is 11.5 Å². The molecule has 0 aliphatic heterocycles. The molecule has 0 saturated heterocycles. The van der Waals surface area contributed by atoms with Crippen LogP contribution in [0.5, 0.6) is 11.5 Å². The highest BCUT2D eigenvalue weighted by molar-refractivity contribution is 5.77. The normalized spacial score (nSPS) is 11.7. The van der Waals surface area contributed by atoms with Gasteiger partial charge >= 0.3 is 5.97 Å². The van der Waals surface area contributed by atoms with Crippen molar-refractivity contribution in [2.75, 3.05) is 11.5 Å². The molecule has 0 spiro atoms. The van der Waals surface area contributed by atoms with Gasteiger partial charge in [0.2, 0.25) is 0 Å². The highest BCUT2D eigenvalue weighted by Crippen LogP contribution is 2.17. The third-order valence-corrected chi connectivity index (χ3v) is 2.62. The quantitative estimate of drug-likeness (QED) is 0.506. The lowest BCUT2D eigenvalue weighted by atomic mass is 10.3. The van der Waals surface area contributed by atoms with Gasteiger partial charge in [-0.05, 0) is 55.5 Å². The molecule has 0 bridgehead atoms. The van der Waals surface area contributed by atoms with Crippen LogP contribution in [0.1, 0.15) is 6.92 Å². The number of carbonyl (C=O) groups excluding carboxylic acids is 1. The van der Waals surface area contributed by atoms with Crippen molar-refractivity contribution in [2.45, 2.75) is 13.0 Å². The van der Waals surface area contributed by atoms with E-state index in [2.05, 4.69) is 0 Å². The molecule has 0 amide bonds. The molecule has 0 saturated carbocycles. The van der Waals surface area contributed by atoms with Gasteiger partial charge in [0.05, 0.1) is 0 Å². The van der Waals surface area contributed by atoms with Crippen LogP contribution >= 0.6 is 0 Å². The van der Waals surface area contributed by atoms with Crippen molar-refractivity contribution in [1.82, 2.24) is 0 Å². The van der Waals surface area contributed by atoms with Crippen LogP contribution in [0.3, 0.4) is 0 Å². The van der Waals surface area contributed by atoms with E-state index in [0.29, 0.717) is 22.9 Å². The summed E-state index contributed by atoms with van der Waals surface area (Å²) in [6.45, 7) is 1.62. The van der Waals surface area contributed by atoms with Gasteiger partial charge in [-0.25, -0.2) is 4.79 Å². The van der Waals surface area contributed by atoms with Crippen molar-refractivity contribution in [3.05, 3.63) is 48.5 Å². The van der Waals surface area contributed by atoms with Crippen LogP contribution < -0.4 is 20.9 Å². The standard InChI is InChI=1S/C15H16N2O3/c1-10(19-13-6-2-11(16)3-7-13)15(18)20-14-8-4-12(17)5-9-14/h2-10H,16-17H2,1H3/t10-/m0/s1. The number of benzene rings is 2. The summed E-state index contributed by atoms with van der Waals surface area (Å²) in [7, 11) is 0. The van der Waals surface area contributed by atoms with Gasteiger partial charge in [-0.15, -0.1) is 0 Å². The first-order valence-electron chi connectivity index (χ1n) is 6.14. The average Bonchev–Trinajstić information content (AvgIpc) is 2.44. The lowest BCUT2D eigenvalue weighted by Crippen LogP contribution is -2.28. The molecular formula is C15H16N2O3. The summed E-state index contributed by atoms with van der Waals surface area (Å²) in [6.07, 6.45) is -0.726. The van der Waals surface area contributed by atoms with Crippen LogP contribution in [0.4, 0.5) is 11.4 Å². The van der Waals surface area contributed by atoms with Crippen LogP contribution in [-0.4, -0.2) is 12.1 Å². The maximum Gasteiger partial charge on any atom is 0.352 e. The van der Waals surface area contributed by atoms with Gasteiger partial charge < -0.3 is 20.9 Å². The van der Waals surface area contributed by atoms with Crippen LogP contribution in [0, 0.1) is 0 Å². The van der Waals surface area contributed by atoms with Gasteiger partial charge in [0.25, 0.3) is 0 Å². The van der Waals surface area contributed by atoms with E-state index in [-0.39, 0.29) is 0 Å². The number of nitrogen functional groups attached to an aromatic ring is 2. The second-order valence-corrected chi connectivity index (χ2v) is 4.32. The molecule has 0 unspecified atom stereocenters. The van der Waals surface area contributed by atoms with E-state index in [1.54, 1.807) is 55.5 Å². The lowest BCUT2D eigenvalue weighted by molar-refractivity contribution is -0.141. The number of anilines is 2. The predicted octanol–water partition coefficient (Wildman–Crippen LogP) is 2.22. The molecule has 0 aliphatic rings. The highest BCUT2D eigenvalue weighted by atomic mass is 16.6. The van der Waals surface area contributed by atoms with Crippen LogP contribution in [0.25, 0.3) is 0 Å². The second kappa shape index (κ2) is 5.97. The van der Waals surface area contributed by atoms with Crippen LogP contribution in [-0.2, 0) is 4.79 Å². The highest BCUT2D eigenvalue weighted by Gasteiger charge is 2.17. The van der Waals surface area contributed by atoms with E-state index in [0.717, 1.165) is 0 Å². The Kier molecular flexibility index (Phi) is 4.10. The predicted molar refractivity (Wildman–Crippen MR) is 77.4 cm³/mol. The number of rotatable bonds is 4. The Hall–Kier alpha value is -2.69. The zero-order valence-corrected chi connectivity index (χ0v) is 11.1. The molecule has 0 radical (unpaired) electrons. The van der Waals surface area contributed by atoms with Crippen molar-refractivity contribution in [3.63, 3.8) is 0 Å². The van der Waals surface area contributed by atoms with E-state index in [1.807, 2.05) is 0 Å². The third-order valence-electron chi connectivity index (χ3n) is 2.62. The Labute approximate surface area is 117 Å². The third kappa shape index (κ3) is 3.65. The van der Waals surface area contributed by atoms with E-state index in [9.17, 15) is 4.79 Å². The zero-order chi connectivity index (χ0) is 14.5. The lowest BCUT2D eigenvalue weighted by Gasteiger charge is -2.14. The first-order valence-corrected chi connectivity index (χ1v) is 6.14. The van der Waals surface area contributed by atoms with E-state index in [1.165, 1.54) is 0 Å². The number of hydrogen-bond acceptors (Lipinski definition) is 5. The van der Waals surface area contributed by atoms with Gasteiger partial charge in [-0.3, -0.25) is 0 Å². The number of nitrogens with two attached hydrogens (primary N) is 2. The Morgan fingerprint density at radius 1 is 0.900 bits per heavy atom. The molecular weight excluding hydrogens is 256 g/mol. The largest absolute Gasteiger partial charge is 0.479 e. The Morgan fingerprint density at radius 3 is 1.85 bits per heavy atom. The Bertz CT molecular complexity index is 579. The van der Waals surface area contributed by atoms with Crippen molar-refractivity contribution in [2.24, 2.45) is 0 Å². The van der Waals surface area contributed by atoms with Gasteiger partial charge in [-0.2, -0.15) is 0 Å². The van der Waals surface area contributed by atoms with Crippen molar-refractivity contribution >= 4 is 17.3 Å². The average molecular weight is 272 g/mol. The minimum atomic E-state index is -0.726. The topological polar surface area (TPSA) is 87.6 Å². The Balaban J connectivity index is 1.94. The number of ether oxygens (including phenoxy) is 2. The number of esters is 1. The minimum Gasteiger partial charge on any atom is -0.479 e. The molecule has 2 rings (SSSR count). The summed E-state index contributed by atoms with van der Waals surface area (Å²) in [6, 6.07) is 13.4. The monoisotopic (exact) mass is 272 g/mol. The molecule has 5 heteroatoms. The molecule has 0 heterocycles. The molecule has 0 fully saturated rings. The summed E-state index contributed by atoms with van der Waals surface area (Å²) in [5.74, 6) is 0.504. The van der Waals surface area contributed by atoms with Gasteiger partial charge in [-0.1, -0.05) is 0 Å². The zero-order valence-electron chi connectivity index (χ0n) is 11.1. The number of hydrogen-bond donors (Lipinski definition) is 2. The Morgan fingerprint density at radius 2 is 1.35 bits per heavy atom. The fourth-order valence-corrected chi connectivity index (χ4v) is 1.53. The van der Waals surface area contributed by atoms with Crippen LogP contribution in [0.2, 0.25) is 0 Å². The smallest absolute Gasteiger partial charge is 0.352 e. The molecule has 104 valence electrons. The fourth-order valence-electron chi connectivity index (χ4n) is 1.53. The SMILES string of the molecule is C[C@H](Oc1ccc(N)cc1)C(=O)Oc1ccc(N)cc1. The van der Waals surface area contributed by atoms with Crippen molar-refractivity contribution in [1.29, 1.82) is 0 Å². The molecule has 0 aliphatic carbocycles. The maximum atomic E-state index is 11.9. The van der Waals surface area contributed by atoms with Gasteiger partial charge in [0.1, 0.15) is 11.5 Å². The molecule has 5 nitrogen and oxygen atoms in total. The van der Waals surface area contributed by atoms with Gasteiger partial charge in [0.15, 0.2) is 6.10 Å². The van der Waals surface area contributed by atoms with E-state index >= 15 is 0 Å². The van der Waals surface area contributed by atoms with Crippen LogP contribution in [0.15, 0.2) is 48.5 Å². The van der Waals surface area contributed by atoms with E-state index in [4.69, 9.17) is 20.9 Å². The molecule has 2 aromatic carbocycles. The second-order valence-electron chi connectivity index (χ2n) is 4.32. The number of carbonyl (C=O) groups is 1. The molecule has 0 aromatic heterocycles. The maximum absolute atomic E-state index is 11.9. The summed E-state index contributed by atoms with van der Waals surface area (Å²) in [4.78, 5) is 11.9. The summed E-state index contributed by atoms with van der Waals surface area (Å²) in [5.41, 5.74) is 12.4. The molecule has 4 N–H and O–H groups in total. The molecule has 2 aromatic rings. The molecule has 1 atom stereocenters. The first-order chi connectivity index (χ1) is 9.54. The summed E-state index contributed by atoms with van der Waals surface area (Å²) in [5, 5.41) is 0. The fraction of sp³-hybridized carbons (Fsp3) is 0.133. The van der Waals surface area contributed by atoms with Crippen molar-refractivity contribution < 1.29 is 14.3 Å². The minimum absolute atomic E-state index is 0.428. The summed E-state index contributed by atoms with van der Waals surface area (Å²) >= 11 is 0. The summed E-state index contributed by atoms with van der Waals surface area (Å²) < 4.78 is 10.7. The first kappa shape index (κ1) is 13.7. The molecule has 20 heavy (non-hydrogen) atoms. The van der Waals surface area contributed by atoms with E-state index < -0.39 is 12.1 Å².